The average Bonchev–Trinajstić information content (AvgIpc) is 3.76. The van der Waals surface area contributed by atoms with E-state index in [-0.39, 0.29) is 0 Å². The summed E-state index contributed by atoms with van der Waals surface area (Å²) in [6, 6.07) is 32.5. The Morgan fingerprint density at radius 1 is 0.422 bits per heavy atom. The normalized spacial score (nSPS) is 11.8. The van der Waals surface area contributed by atoms with E-state index in [1.165, 1.54) is 16.6 Å². The van der Waals surface area contributed by atoms with Gasteiger partial charge in [0.2, 0.25) is 0 Å². The summed E-state index contributed by atoms with van der Waals surface area (Å²) >= 11 is 0. The monoisotopic (exact) mass is 594 g/mol. The molecule has 228 valence electrons. The van der Waals surface area contributed by atoms with Crippen LogP contribution in [0.5, 0.6) is 0 Å². The molecule has 3 aromatic heterocycles. The maximum absolute atomic E-state index is 5.24. The van der Waals surface area contributed by atoms with E-state index >= 15 is 0 Å². The smallest absolute Gasteiger partial charge is 0.141 e. The molecule has 0 amide bonds. The fraction of sp³-hybridized carbons (Fsp3) is 0.308. The van der Waals surface area contributed by atoms with Gasteiger partial charge in [-0.3, -0.25) is 0 Å². The van der Waals surface area contributed by atoms with Gasteiger partial charge in [0.1, 0.15) is 17.5 Å². The van der Waals surface area contributed by atoms with Gasteiger partial charge < -0.3 is 13.7 Å². The Kier molecular flexibility index (Phi) is 8.21. The van der Waals surface area contributed by atoms with E-state index in [1.54, 1.807) is 0 Å². The SMILES string of the molecule is CCCCn1c(-c2cc(-c3nc4ccccc4n3CCCC)cc(-c3nc4ccccc4n3CCCC)c2)nc2ccccc21. The van der Waals surface area contributed by atoms with Crippen molar-refractivity contribution in [3.05, 3.63) is 91.0 Å². The van der Waals surface area contributed by atoms with Gasteiger partial charge in [0.15, 0.2) is 0 Å². The lowest BCUT2D eigenvalue weighted by Gasteiger charge is -2.15. The third-order valence-electron chi connectivity index (χ3n) is 8.88. The van der Waals surface area contributed by atoms with Gasteiger partial charge in [0.05, 0.1) is 33.1 Å². The zero-order valence-corrected chi connectivity index (χ0v) is 26.7. The molecule has 0 fully saturated rings. The van der Waals surface area contributed by atoms with Crippen LogP contribution in [0, 0.1) is 0 Å². The maximum atomic E-state index is 5.24. The Bertz CT molecular complexity index is 1840. The average molecular weight is 595 g/mol. The second-order valence-corrected chi connectivity index (χ2v) is 12.1. The second kappa shape index (κ2) is 12.7. The summed E-state index contributed by atoms with van der Waals surface area (Å²) in [5, 5.41) is 0. The Labute approximate surface area is 265 Å². The summed E-state index contributed by atoms with van der Waals surface area (Å²) in [5.74, 6) is 3.00. The van der Waals surface area contributed by atoms with Crippen LogP contribution in [0.25, 0.3) is 67.3 Å². The number of aryl methyl sites for hydroxylation is 3. The lowest BCUT2D eigenvalue weighted by atomic mass is 10.0. The van der Waals surface area contributed by atoms with Crippen LogP contribution < -0.4 is 0 Å². The van der Waals surface area contributed by atoms with Crippen LogP contribution in [-0.4, -0.2) is 28.7 Å². The van der Waals surface area contributed by atoms with Crippen molar-refractivity contribution in [2.75, 3.05) is 0 Å². The molecule has 45 heavy (non-hydrogen) atoms. The molecule has 0 bridgehead atoms. The molecule has 0 spiro atoms. The number of hydrogen-bond donors (Lipinski definition) is 0. The van der Waals surface area contributed by atoms with Crippen LogP contribution in [0.2, 0.25) is 0 Å². The number of aromatic nitrogens is 6. The lowest BCUT2D eigenvalue weighted by molar-refractivity contribution is 0.649. The number of hydrogen-bond acceptors (Lipinski definition) is 3. The van der Waals surface area contributed by atoms with E-state index in [4.69, 9.17) is 15.0 Å². The molecule has 0 radical (unpaired) electrons. The molecule has 6 heteroatoms. The zero-order valence-electron chi connectivity index (χ0n) is 26.7. The topological polar surface area (TPSA) is 53.5 Å². The first-order chi connectivity index (χ1) is 22.2. The summed E-state index contributed by atoms with van der Waals surface area (Å²) in [4.78, 5) is 15.7. The van der Waals surface area contributed by atoms with Gasteiger partial charge in [-0.2, -0.15) is 0 Å². The molecule has 0 unspecified atom stereocenters. The van der Waals surface area contributed by atoms with E-state index in [1.807, 2.05) is 0 Å². The van der Waals surface area contributed by atoms with Crippen LogP contribution in [0.3, 0.4) is 0 Å². The van der Waals surface area contributed by atoms with Gasteiger partial charge in [0.25, 0.3) is 0 Å². The first kappa shape index (κ1) is 29.0. The first-order valence-corrected chi connectivity index (χ1v) is 16.7. The number of benzene rings is 4. The predicted octanol–water partition coefficient (Wildman–Crippen LogP) is 10.1. The highest BCUT2D eigenvalue weighted by atomic mass is 15.1. The predicted molar refractivity (Wildman–Crippen MR) is 187 cm³/mol. The molecular weight excluding hydrogens is 552 g/mol. The number of fused-ring (bicyclic) bond motifs is 3. The van der Waals surface area contributed by atoms with Crippen LogP contribution >= 0.6 is 0 Å². The van der Waals surface area contributed by atoms with Gasteiger partial charge in [-0.15, -0.1) is 0 Å². The molecule has 0 saturated heterocycles. The number of para-hydroxylation sites is 6. The minimum absolute atomic E-state index is 0.927. The van der Waals surface area contributed by atoms with Gasteiger partial charge in [-0.05, 0) is 73.9 Å². The fourth-order valence-electron chi connectivity index (χ4n) is 6.53. The standard InChI is InChI=1S/C39H42N6/c1-4-7-22-43-34-19-13-10-16-31(34)40-37(43)28-25-29(38-41-32-17-11-14-20-35(32)44(38)23-8-5-2)27-30(26-28)39-42-33-18-12-15-21-36(33)45(39)24-9-6-3/h10-21,25-27H,4-9,22-24H2,1-3H3. The summed E-state index contributed by atoms with van der Waals surface area (Å²) < 4.78 is 7.21. The largest absolute Gasteiger partial charge is 0.324 e. The zero-order chi connectivity index (χ0) is 30.8. The second-order valence-electron chi connectivity index (χ2n) is 12.1. The van der Waals surface area contributed by atoms with Crippen LogP contribution in [0.4, 0.5) is 0 Å². The Morgan fingerprint density at radius 3 is 1.00 bits per heavy atom. The molecule has 7 aromatic rings. The van der Waals surface area contributed by atoms with Crippen LogP contribution in [0.1, 0.15) is 59.3 Å². The van der Waals surface area contributed by atoms with Crippen LogP contribution in [-0.2, 0) is 19.6 Å². The van der Waals surface area contributed by atoms with E-state index in [0.717, 1.165) is 109 Å². The van der Waals surface area contributed by atoms with Crippen molar-refractivity contribution in [1.29, 1.82) is 0 Å². The summed E-state index contributed by atoms with van der Waals surface area (Å²) in [6.45, 7) is 9.53. The summed E-state index contributed by atoms with van der Waals surface area (Å²) in [6.07, 6.45) is 6.67. The number of rotatable bonds is 12. The lowest BCUT2D eigenvalue weighted by Crippen LogP contribution is -2.04. The van der Waals surface area contributed by atoms with E-state index < -0.39 is 0 Å². The molecule has 0 atom stereocenters. The highest BCUT2D eigenvalue weighted by molar-refractivity contribution is 5.87. The minimum atomic E-state index is 0.927. The first-order valence-electron chi connectivity index (χ1n) is 16.7. The van der Waals surface area contributed by atoms with Gasteiger partial charge in [0, 0.05) is 36.3 Å². The number of unbranched alkanes of at least 4 members (excludes halogenated alkanes) is 3. The van der Waals surface area contributed by atoms with Crippen molar-refractivity contribution < 1.29 is 0 Å². The third kappa shape index (κ3) is 5.43. The highest BCUT2D eigenvalue weighted by Gasteiger charge is 2.21. The van der Waals surface area contributed by atoms with Gasteiger partial charge >= 0.3 is 0 Å². The highest BCUT2D eigenvalue weighted by Crippen LogP contribution is 2.36. The Hall–Kier alpha value is -4.71. The van der Waals surface area contributed by atoms with E-state index in [2.05, 4.69) is 125 Å². The van der Waals surface area contributed by atoms with E-state index in [9.17, 15) is 0 Å². The molecule has 0 saturated carbocycles. The Morgan fingerprint density at radius 2 is 0.711 bits per heavy atom. The number of imidazole rings is 3. The van der Waals surface area contributed by atoms with Crippen molar-refractivity contribution in [2.45, 2.75) is 78.9 Å². The van der Waals surface area contributed by atoms with Crippen molar-refractivity contribution in [3.63, 3.8) is 0 Å². The molecule has 4 aromatic carbocycles. The minimum Gasteiger partial charge on any atom is -0.324 e. The third-order valence-corrected chi connectivity index (χ3v) is 8.88. The molecule has 0 aliphatic carbocycles. The number of nitrogens with zero attached hydrogens (tertiary/aromatic N) is 6. The van der Waals surface area contributed by atoms with Gasteiger partial charge in [-0.1, -0.05) is 76.4 Å². The van der Waals surface area contributed by atoms with Crippen LogP contribution in [0.15, 0.2) is 91.0 Å². The molecule has 6 nitrogen and oxygen atoms in total. The maximum Gasteiger partial charge on any atom is 0.141 e. The molecule has 0 aliphatic rings. The van der Waals surface area contributed by atoms with Crippen molar-refractivity contribution in [1.82, 2.24) is 28.7 Å². The summed E-state index contributed by atoms with van der Waals surface area (Å²) in [5.41, 5.74) is 9.91. The molecule has 0 N–H and O–H groups in total. The molecule has 0 aliphatic heterocycles. The van der Waals surface area contributed by atoms with Crippen molar-refractivity contribution in [2.24, 2.45) is 0 Å². The van der Waals surface area contributed by atoms with Gasteiger partial charge in [-0.25, -0.2) is 15.0 Å². The summed E-state index contributed by atoms with van der Waals surface area (Å²) in [7, 11) is 0. The van der Waals surface area contributed by atoms with Crippen molar-refractivity contribution in [3.8, 4) is 34.2 Å². The molecular formula is C39H42N6. The molecule has 7 rings (SSSR count). The van der Waals surface area contributed by atoms with E-state index in [0.29, 0.717) is 0 Å². The van der Waals surface area contributed by atoms with Crippen molar-refractivity contribution >= 4 is 33.1 Å². The quantitative estimate of drug-likeness (QED) is 0.141. The fourth-order valence-corrected chi connectivity index (χ4v) is 6.53. The Balaban J connectivity index is 1.51. The molecule has 3 heterocycles.